The predicted molar refractivity (Wildman–Crippen MR) is 133 cm³/mol. The summed E-state index contributed by atoms with van der Waals surface area (Å²) in [5.74, 6) is -0.657. The van der Waals surface area contributed by atoms with E-state index in [1.807, 2.05) is 37.8 Å². The van der Waals surface area contributed by atoms with Crippen LogP contribution in [0.2, 0.25) is 0 Å². The number of benzene rings is 1. The summed E-state index contributed by atoms with van der Waals surface area (Å²) in [5, 5.41) is 2.41. The van der Waals surface area contributed by atoms with Gasteiger partial charge in [0.25, 0.3) is 0 Å². The molecule has 4 heterocycles. The van der Waals surface area contributed by atoms with E-state index >= 15 is 0 Å². The number of amides is 4. The molecule has 5 aliphatic rings. The largest absolute Gasteiger partial charge is 0.444 e. The van der Waals surface area contributed by atoms with Crippen LogP contribution in [0.1, 0.15) is 64.9 Å². The molecule has 2 spiro atoms. The van der Waals surface area contributed by atoms with Crippen LogP contribution in [0, 0.1) is 5.41 Å². The third-order valence-corrected chi connectivity index (χ3v) is 8.53. The number of rotatable bonds is 2. The molecule has 9 heteroatoms. The lowest BCUT2D eigenvalue weighted by Gasteiger charge is -2.55. The lowest BCUT2D eigenvalue weighted by molar-refractivity contribution is -0.135. The van der Waals surface area contributed by atoms with Gasteiger partial charge in [0.15, 0.2) is 0 Å². The van der Waals surface area contributed by atoms with Gasteiger partial charge in [0.1, 0.15) is 11.6 Å². The fourth-order valence-corrected chi connectivity index (χ4v) is 6.50. The van der Waals surface area contributed by atoms with Crippen molar-refractivity contribution in [2.45, 2.75) is 76.4 Å². The number of anilines is 2. The zero-order valence-electron chi connectivity index (χ0n) is 21.3. The van der Waals surface area contributed by atoms with Gasteiger partial charge in [-0.2, -0.15) is 0 Å². The van der Waals surface area contributed by atoms with Crippen molar-refractivity contribution in [3.05, 3.63) is 23.8 Å². The Morgan fingerprint density at radius 2 is 1.69 bits per heavy atom. The maximum atomic E-state index is 13.6. The first-order valence-corrected chi connectivity index (χ1v) is 13.1. The third kappa shape index (κ3) is 3.58. The summed E-state index contributed by atoms with van der Waals surface area (Å²) < 4.78 is 5.54. The molecule has 0 radical (unpaired) electrons. The fourth-order valence-electron chi connectivity index (χ4n) is 6.50. The summed E-state index contributed by atoms with van der Waals surface area (Å²) in [6.45, 7) is 8.84. The van der Waals surface area contributed by atoms with Gasteiger partial charge in [0.05, 0.1) is 11.1 Å². The fraction of sp³-hybridized carbons (Fsp3) is 0.630. The lowest BCUT2D eigenvalue weighted by Crippen LogP contribution is -2.61. The minimum absolute atomic E-state index is 0.000328. The van der Waals surface area contributed by atoms with Crippen molar-refractivity contribution >= 4 is 35.2 Å². The van der Waals surface area contributed by atoms with Crippen molar-refractivity contribution in [1.82, 2.24) is 10.2 Å². The highest BCUT2D eigenvalue weighted by atomic mass is 16.6. The van der Waals surface area contributed by atoms with Crippen LogP contribution < -0.4 is 15.1 Å². The van der Waals surface area contributed by atoms with Gasteiger partial charge in [0, 0.05) is 49.3 Å². The summed E-state index contributed by atoms with van der Waals surface area (Å²) in [7, 11) is 0. The van der Waals surface area contributed by atoms with E-state index in [0.29, 0.717) is 19.5 Å². The van der Waals surface area contributed by atoms with Crippen molar-refractivity contribution in [2.75, 3.05) is 36.0 Å². The molecule has 1 aromatic rings. The molecule has 0 aromatic heterocycles. The Labute approximate surface area is 211 Å². The monoisotopic (exact) mass is 494 g/mol. The third-order valence-electron chi connectivity index (χ3n) is 8.53. The van der Waals surface area contributed by atoms with E-state index in [-0.39, 0.29) is 35.7 Å². The number of hydrogen-bond donors (Lipinski definition) is 1. The summed E-state index contributed by atoms with van der Waals surface area (Å²) in [5.41, 5.74) is 2.12. The van der Waals surface area contributed by atoms with Crippen LogP contribution in [0.15, 0.2) is 18.2 Å². The number of ether oxygens (including phenoxy) is 1. The van der Waals surface area contributed by atoms with E-state index < -0.39 is 17.1 Å². The van der Waals surface area contributed by atoms with E-state index in [0.717, 1.165) is 55.7 Å². The maximum absolute atomic E-state index is 13.6. The smallest absolute Gasteiger partial charge is 0.410 e. The van der Waals surface area contributed by atoms with Crippen LogP contribution in [0.4, 0.5) is 16.2 Å². The maximum Gasteiger partial charge on any atom is 0.410 e. The predicted octanol–water partition coefficient (Wildman–Crippen LogP) is 2.71. The Kier molecular flexibility index (Phi) is 4.98. The average molecular weight is 495 g/mol. The molecular weight excluding hydrogens is 460 g/mol. The standard InChI is InChI=1S/C27H34N4O5/c1-25(2,3)36-24(35)29-13-11-26(12-14-29)15-30(16-26)17-5-4-6-18-21(17)27(9-10-27)23(34)31(18)19-7-8-20(32)28-22(19)33/h4-6,19H,7-16H2,1-3H3,(H,28,32,33). The number of likely N-dealkylation sites (tertiary alicyclic amines) is 1. The molecule has 1 unspecified atom stereocenters. The van der Waals surface area contributed by atoms with Crippen molar-refractivity contribution in [3.63, 3.8) is 0 Å². The number of hydrogen-bond acceptors (Lipinski definition) is 6. The summed E-state index contributed by atoms with van der Waals surface area (Å²) in [4.78, 5) is 56.3. The summed E-state index contributed by atoms with van der Waals surface area (Å²) >= 11 is 0. The molecule has 36 heavy (non-hydrogen) atoms. The molecule has 1 saturated carbocycles. The van der Waals surface area contributed by atoms with Crippen LogP contribution in [0.5, 0.6) is 0 Å². The molecular formula is C27H34N4O5. The number of carbonyl (C=O) groups excluding carboxylic acids is 4. The van der Waals surface area contributed by atoms with E-state index in [1.54, 1.807) is 4.90 Å². The van der Waals surface area contributed by atoms with Gasteiger partial charge in [-0.3, -0.25) is 24.6 Å². The molecule has 1 aliphatic carbocycles. The molecule has 1 atom stereocenters. The minimum atomic E-state index is -0.635. The van der Waals surface area contributed by atoms with E-state index in [1.165, 1.54) is 0 Å². The zero-order valence-corrected chi connectivity index (χ0v) is 21.3. The van der Waals surface area contributed by atoms with Crippen LogP contribution in [0.3, 0.4) is 0 Å². The number of nitrogens with zero attached hydrogens (tertiary/aromatic N) is 3. The molecule has 1 aromatic carbocycles. The second-order valence-corrected chi connectivity index (χ2v) is 12.2. The number of carbonyl (C=O) groups is 4. The van der Waals surface area contributed by atoms with Crippen molar-refractivity contribution in [3.8, 4) is 0 Å². The second kappa shape index (κ2) is 7.70. The summed E-state index contributed by atoms with van der Waals surface area (Å²) in [6.07, 6.45) is 3.83. The SMILES string of the molecule is CC(C)(C)OC(=O)N1CCC2(CC1)CN(c1cccc3c1C1(CC1)C(=O)N3C1CCC(=O)NC1=O)C2. The molecule has 4 fully saturated rings. The first-order chi connectivity index (χ1) is 17.0. The molecule has 6 rings (SSSR count). The molecule has 4 aliphatic heterocycles. The molecule has 192 valence electrons. The zero-order chi connectivity index (χ0) is 25.5. The minimum Gasteiger partial charge on any atom is -0.444 e. The highest BCUT2D eigenvalue weighted by Crippen LogP contribution is 2.61. The first-order valence-electron chi connectivity index (χ1n) is 13.1. The molecule has 4 amide bonds. The highest BCUT2D eigenvalue weighted by molar-refractivity contribution is 6.16. The molecule has 1 N–H and O–H groups in total. The van der Waals surface area contributed by atoms with Gasteiger partial charge in [0.2, 0.25) is 17.7 Å². The second-order valence-electron chi connectivity index (χ2n) is 12.2. The van der Waals surface area contributed by atoms with Gasteiger partial charge in [-0.1, -0.05) is 6.07 Å². The quantitative estimate of drug-likeness (QED) is 0.635. The van der Waals surface area contributed by atoms with Crippen molar-refractivity contribution in [2.24, 2.45) is 5.41 Å². The van der Waals surface area contributed by atoms with Crippen LogP contribution in [0.25, 0.3) is 0 Å². The van der Waals surface area contributed by atoms with Gasteiger partial charge in [-0.15, -0.1) is 0 Å². The van der Waals surface area contributed by atoms with Crippen LogP contribution in [-0.4, -0.2) is 66.5 Å². The molecule has 3 saturated heterocycles. The Morgan fingerprint density at radius 3 is 2.31 bits per heavy atom. The van der Waals surface area contributed by atoms with E-state index in [9.17, 15) is 19.2 Å². The average Bonchev–Trinajstić information content (AvgIpc) is 3.55. The number of piperidine rings is 2. The van der Waals surface area contributed by atoms with Gasteiger partial charge < -0.3 is 14.5 Å². The molecule has 9 nitrogen and oxygen atoms in total. The number of fused-ring (bicyclic) bond motifs is 2. The Balaban J connectivity index is 1.19. The summed E-state index contributed by atoms with van der Waals surface area (Å²) in [6, 6.07) is 5.38. The van der Waals surface area contributed by atoms with Gasteiger partial charge in [-0.05, 0) is 65.0 Å². The Bertz CT molecular complexity index is 1150. The molecule has 0 bridgehead atoms. The normalized spacial score (nSPS) is 26.1. The van der Waals surface area contributed by atoms with Gasteiger partial charge in [-0.25, -0.2) is 4.79 Å². The van der Waals surface area contributed by atoms with Crippen molar-refractivity contribution < 1.29 is 23.9 Å². The first kappa shape index (κ1) is 23.3. The van der Waals surface area contributed by atoms with Crippen LogP contribution in [-0.2, 0) is 24.5 Å². The lowest BCUT2D eigenvalue weighted by atomic mass is 9.71. The van der Waals surface area contributed by atoms with Crippen LogP contribution >= 0.6 is 0 Å². The van der Waals surface area contributed by atoms with E-state index in [4.69, 9.17) is 4.74 Å². The topological polar surface area (TPSA) is 99.3 Å². The number of nitrogens with one attached hydrogen (secondary N) is 1. The Hall–Kier alpha value is -3.10. The van der Waals surface area contributed by atoms with E-state index in [2.05, 4.69) is 16.3 Å². The highest BCUT2D eigenvalue weighted by Gasteiger charge is 2.63. The van der Waals surface area contributed by atoms with Crippen molar-refractivity contribution in [1.29, 1.82) is 0 Å². The Morgan fingerprint density at radius 1 is 1.03 bits per heavy atom. The number of imide groups is 1. The van der Waals surface area contributed by atoms with Gasteiger partial charge >= 0.3 is 6.09 Å².